The third-order valence-corrected chi connectivity index (χ3v) is 4.42. The Morgan fingerprint density at radius 2 is 1.82 bits per heavy atom. The monoisotopic (exact) mass is 499 g/mol. The third-order valence-electron chi connectivity index (χ3n) is 3.10. The SMILES string of the molecule is CSC(=Nc1cc(Br)cc(Cl)c1Oc1c(F)cc(C(F)(F)F)cc1F)NC#N. The fourth-order valence-corrected chi connectivity index (χ4v) is 3.10. The van der Waals surface area contributed by atoms with Crippen molar-refractivity contribution in [3.63, 3.8) is 0 Å². The molecule has 2 rings (SSSR count). The lowest BCUT2D eigenvalue weighted by molar-refractivity contribution is -0.138. The van der Waals surface area contributed by atoms with E-state index in [1.54, 1.807) is 12.4 Å². The average Bonchev–Trinajstić information content (AvgIpc) is 2.58. The molecule has 2 aromatic carbocycles. The highest BCUT2D eigenvalue weighted by Gasteiger charge is 2.33. The van der Waals surface area contributed by atoms with Gasteiger partial charge in [-0.25, -0.2) is 13.8 Å². The highest BCUT2D eigenvalue weighted by atomic mass is 79.9. The highest BCUT2D eigenvalue weighted by Crippen LogP contribution is 2.43. The Bertz CT molecular complexity index is 955. The summed E-state index contributed by atoms with van der Waals surface area (Å²) in [4.78, 5) is 4.08. The molecule has 0 fully saturated rings. The minimum Gasteiger partial charge on any atom is -0.447 e. The second-order valence-electron chi connectivity index (χ2n) is 4.96. The molecule has 0 amide bonds. The molecular weight excluding hydrogens is 493 g/mol. The molecule has 148 valence electrons. The first-order chi connectivity index (χ1) is 13.1. The molecule has 0 spiro atoms. The summed E-state index contributed by atoms with van der Waals surface area (Å²) >= 11 is 10.3. The Balaban J connectivity index is 2.57. The first-order valence-corrected chi connectivity index (χ1v) is 9.47. The number of nitrogens with zero attached hydrogens (tertiary/aromatic N) is 2. The summed E-state index contributed by atoms with van der Waals surface area (Å²) in [6.07, 6.45) is -1.66. The summed E-state index contributed by atoms with van der Waals surface area (Å²) in [5.74, 6) is -4.52. The molecule has 0 radical (unpaired) electrons. The van der Waals surface area contributed by atoms with E-state index in [2.05, 4.69) is 26.2 Å². The Kier molecular flexibility index (Phi) is 7.14. The van der Waals surface area contributed by atoms with Gasteiger partial charge in [0, 0.05) is 4.47 Å². The van der Waals surface area contributed by atoms with Crippen molar-refractivity contribution in [3.8, 4) is 17.7 Å². The van der Waals surface area contributed by atoms with Crippen molar-refractivity contribution in [2.24, 2.45) is 4.99 Å². The highest BCUT2D eigenvalue weighted by molar-refractivity contribution is 9.10. The average molecular weight is 501 g/mol. The molecule has 1 N–H and O–H groups in total. The maximum atomic E-state index is 14.1. The predicted octanol–water partition coefficient (Wildman–Crippen LogP) is 6.61. The van der Waals surface area contributed by atoms with E-state index in [9.17, 15) is 22.0 Å². The molecule has 28 heavy (non-hydrogen) atoms. The zero-order chi connectivity index (χ0) is 21.1. The Labute approximate surface area is 173 Å². The molecule has 4 nitrogen and oxygen atoms in total. The number of nitrogens with one attached hydrogen (secondary N) is 1. The number of rotatable bonds is 3. The Hall–Kier alpha value is -2.03. The van der Waals surface area contributed by atoms with Crippen LogP contribution in [0.5, 0.6) is 11.5 Å². The van der Waals surface area contributed by atoms with Crippen molar-refractivity contribution in [3.05, 3.63) is 51.0 Å². The topological polar surface area (TPSA) is 57.4 Å². The van der Waals surface area contributed by atoms with E-state index >= 15 is 0 Å². The lowest BCUT2D eigenvalue weighted by Gasteiger charge is -2.14. The van der Waals surface area contributed by atoms with Gasteiger partial charge in [0.25, 0.3) is 0 Å². The molecule has 0 bridgehead atoms. The smallest absolute Gasteiger partial charge is 0.416 e. The summed E-state index contributed by atoms with van der Waals surface area (Å²) in [5, 5.41) is 11.0. The molecule has 2 aromatic rings. The molecule has 12 heteroatoms. The summed E-state index contributed by atoms with van der Waals surface area (Å²) in [5.41, 5.74) is -1.52. The van der Waals surface area contributed by atoms with E-state index in [0.29, 0.717) is 4.47 Å². The predicted molar refractivity (Wildman–Crippen MR) is 99.9 cm³/mol. The maximum Gasteiger partial charge on any atom is 0.416 e. The minimum absolute atomic E-state index is 0.0230. The van der Waals surface area contributed by atoms with Gasteiger partial charge in [-0.3, -0.25) is 5.32 Å². The molecule has 0 aliphatic heterocycles. The molecule has 0 saturated heterocycles. The number of hydrogen-bond donors (Lipinski definition) is 1. The van der Waals surface area contributed by atoms with Crippen LogP contribution in [-0.4, -0.2) is 11.4 Å². The van der Waals surface area contributed by atoms with Gasteiger partial charge in [0.05, 0.1) is 10.6 Å². The van der Waals surface area contributed by atoms with Crippen LogP contribution >= 0.6 is 39.3 Å². The van der Waals surface area contributed by atoms with Crippen LogP contribution in [0.15, 0.2) is 33.7 Å². The quantitative estimate of drug-likeness (QED) is 0.169. The van der Waals surface area contributed by atoms with E-state index in [1.807, 2.05) is 0 Å². The van der Waals surface area contributed by atoms with Gasteiger partial charge in [0.1, 0.15) is 5.69 Å². The fourth-order valence-electron chi connectivity index (χ4n) is 1.94. The van der Waals surface area contributed by atoms with Gasteiger partial charge in [-0.15, -0.1) is 0 Å². The van der Waals surface area contributed by atoms with E-state index in [4.69, 9.17) is 21.6 Å². The molecule has 0 aliphatic carbocycles. The third kappa shape index (κ3) is 5.27. The summed E-state index contributed by atoms with van der Waals surface area (Å²) in [6, 6.07) is 2.94. The lowest BCUT2D eigenvalue weighted by atomic mass is 10.2. The molecular formula is C16H8BrClF5N3OS. The molecule has 0 saturated carbocycles. The first kappa shape index (κ1) is 22.3. The number of hydrogen-bond acceptors (Lipinski definition) is 4. The molecule has 0 heterocycles. The number of ether oxygens (including phenoxy) is 1. The number of benzene rings is 2. The lowest BCUT2D eigenvalue weighted by Crippen LogP contribution is -2.12. The van der Waals surface area contributed by atoms with Crippen molar-refractivity contribution in [2.75, 3.05) is 6.26 Å². The van der Waals surface area contributed by atoms with Crippen LogP contribution < -0.4 is 10.1 Å². The van der Waals surface area contributed by atoms with Crippen LogP contribution in [0.25, 0.3) is 0 Å². The van der Waals surface area contributed by atoms with Crippen LogP contribution in [0.4, 0.5) is 27.6 Å². The van der Waals surface area contributed by atoms with Crippen molar-refractivity contribution < 1.29 is 26.7 Å². The van der Waals surface area contributed by atoms with Gasteiger partial charge in [0.2, 0.25) is 0 Å². The van der Waals surface area contributed by atoms with Crippen LogP contribution in [0.1, 0.15) is 5.56 Å². The van der Waals surface area contributed by atoms with Gasteiger partial charge in [-0.05, 0) is 30.5 Å². The van der Waals surface area contributed by atoms with Crippen molar-refractivity contribution in [2.45, 2.75) is 6.18 Å². The van der Waals surface area contributed by atoms with E-state index in [0.717, 1.165) is 11.8 Å². The summed E-state index contributed by atoms with van der Waals surface area (Å²) in [7, 11) is 0. The first-order valence-electron chi connectivity index (χ1n) is 7.07. The van der Waals surface area contributed by atoms with E-state index < -0.39 is 29.1 Å². The normalized spacial score (nSPS) is 11.9. The van der Waals surface area contributed by atoms with Gasteiger partial charge in [-0.1, -0.05) is 39.3 Å². The zero-order valence-corrected chi connectivity index (χ0v) is 16.8. The van der Waals surface area contributed by atoms with Gasteiger partial charge < -0.3 is 4.74 Å². The maximum absolute atomic E-state index is 14.1. The minimum atomic E-state index is -4.93. The second kappa shape index (κ2) is 8.98. The molecule has 0 unspecified atom stereocenters. The van der Waals surface area contributed by atoms with E-state index in [1.165, 1.54) is 12.1 Å². The standard InChI is InChI=1S/C16H8BrClF5N3OS/c1-28-15(25-6-24)26-12-5-8(17)4-9(18)13(12)27-14-10(19)2-7(3-11(14)20)16(21,22)23/h2-5H,1H3,(H,25,26). The van der Waals surface area contributed by atoms with Gasteiger partial charge in [0.15, 0.2) is 34.5 Å². The van der Waals surface area contributed by atoms with Gasteiger partial charge in [-0.2, -0.15) is 18.4 Å². The van der Waals surface area contributed by atoms with Crippen LogP contribution in [-0.2, 0) is 6.18 Å². The zero-order valence-electron chi connectivity index (χ0n) is 13.7. The van der Waals surface area contributed by atoms with E-state index in [-0.39, 0.29) is 33.8 Å². The number of nitriles is 1. The van der Waals surface area contributed by atoms with Crippen molar-refractivity contribution >= 4 is 50.1 Å². The Morgan fingerprint density at radius 3 is 2.32 bits per heavy atom. The molecule has 0 atom stereocenters. The summed E-state index contributed by atoms with van der Waals surface area (Å²) in [6.45, 7) is 0. The van der Waals surface area contributed by atoms with Gasteiger partial charge >= 0.3 is 6.18 Å². The van der Waals surface area contributed by atoms with Crippen LogP contribution in [0.3, 0.4) is 0 Å². The number of thioether (sulfide) groups is 1. The Morgan fingerprint density at radius 1 is 1.21 bits per heavy atom. The largest absolute Gasteiger partial charge is 0.447 e. The number of halogens is 7. The number of amidine groups is 1. The second-order valence-corrected chi connectivity index (χ2v) is 7.08. The number of aliphatic imine (C=N–C) groups is 1. The van der Waals surface area contributed by atoms with Crippen LogP contribution in [0, 0.1) is 23.1 Å². The fraction of sp³-hybridized carbons (Fsp3) is 0.125. The van der Waals surface area contributed by atoms with Crippen LogP contribution in [0.2, 0.25) is 5.02 Å². The molecule has 0 aromatic heterocycles. The number of alkyl halides is 3. The van der Waals surface area contributed by atoms with Crippen molar-refractivity contribution in [1.29, 1.82) is 5.26 Å². The molecule has 0 aliphatic rings. The van der Waals surface area contributed by atoms with Crippen molar-refractivity contribution in [1.82, 2.24) is 5.32 Å². The summed E-state index contributed by atoms with van der Waals surface area (Å²) < 4.78 is 71.8.